The van der Waals surface area contributed by atoms with Crippen molar-refractivity contribution in [2.45, 2.75) is 39.3 Å². The summed E-state index contributed by atoms with van der Waals surface area (Å²) in [4.78, 5) is 0. The second-order valence-corrected chi connectivity index (χ2v) is 5.15. The number of nitrogens with zero attached hydrogens (tertiary/aromatic N) is 3. The van der Waals surface area contributed by atoms with Gasteiger partial charge in [-0.2, -0.15) is 0 Å². The Morgan fingerprint density at radius 3 is 2.56 bits per heavy atom. The quantitative estimate of drug-likeness (QED) is 0.730. The third-order valence-electron chi connectivity index (χ3n) is 2.36. The molecule has 1 aromatic rings. The van der Waals surface area contributed by atoms with Crippen LogP contribution >= 0.6 is 0 Å². The van der Waals surface area contributed by atoms with Crippen LogP contribution in [-0.4, -0.2) is 33.4 Å². The lowest BCUT2D eigenvalue weighted by Crippen LogP contribution is -2.40. The van der Waals surface area contributed by atoms with Crippen molar-refractivity contribution in [1.29, 1.82) is 0 Å². The fourth-order valence-electron chi connectivity index (χ4n) is 1.50. The predicted octanol–water partition coefficient (Wildman–Crippen LogP) is 0.854. The fourth-order valence-corrected chi connectivity index (χ4v) is 1.50. The molecule has 0 amide bonds. The zero-order valence-corrected chi connectivity index (χ0v) is 10.9. The Kier molecular flexibility index (Phi) is 4.44. The van der Waals surface area contributed by atoms with Gasteiger partial charge in [0.05, 0.1) is 6.04 Å². The van der Waals surface area contributed by atoms with Crippen LogP contribution in [0.2, 0.25) is 0 Å². The van der Waals surface area contributed by atoms with Crippen LogP contribution in [0.4, 0.5) is 0 Å². The summed E-state index contributed by atoms with van der Waals surface area (Å²) in [6.07, 6.45) is 1.72. The molecule has 1 rings (SSSR count). The van der Waals surface area contributed by atoms with Crippen LogP contribution in [0.15, 0.2) is 6.33 Å². The first-order valence-corrected chi connectivity index (χ1v) is 5.72. The highest BCUT2D eigenvalue weighted by Crippen LogP contribution is 2.06. The number of aryl methyl sites for hydroxylation is 1. The second kappa shape index (κ2) is 5.41. The minimum Gasteiger partial charge on any atom is -0.319 e. The van der Waals surface area contributed by atoms with Crippen molar-refractivity contribution in [3.63, 3.8) is 0 Å². The number of hydrogen-bond acceptors (Lipinski definition) is 4. The average Bonchev–Trinajstić information content (AvgIpc) is 2.57. The predicted molar refractivity (Wildman–Crippen MR) is 65.2 cm³/mol. The summed E-state index contributed by atoms with van der Waals surface area (Å²) in [7, 11) is 1.96. The Labute approximate surface area is 97.6 Å². The standard InChI is InChI=1S/C11H23N5/c1-9(10-15-14-8-16(10)5)12-6-7-13-11(2,3)4/h8-9,12-13H,6-7H2,1-5H3. The van der Waals surface area contributed by atoms with Crippen LogP contribution in [0.3, 0.4) is 0 Å². The van der Waals surface area contributed by atoms with Gasteiger partial charge in [0, 0.05) is 25.7 Å². The maximum Gasteiger partial charge on any atom is 0.149 e. The van der Waals surface area contributed by atoms with E-state index in [0.29, 0.717) is 0 Å². The van der Waals surface area contributed by atoms with Crippen LogP contribution in [0, 0.1) is 0 Å². The van der Waals surface area contributed by atoms with Crippen LogP contribution in [0.1, 0.15) is 39.6 Å². The van der Waals surface area contributed by atoms with Crippen molar-refractivity contribution >= 4 is 0 Å². The molecule has 5 heteroatoms. The van der Waals surface area contributed by atoms with Crippen molar-refractivity contribution in [3.8, 4) is 0 Å². The van der Waals surface area contributed by atoms with Gasteiger partial charge in [-0.25, -0.2) is 0 Å². The second-order valence-electron chi connectivity index (χ2n) is 5.15. The maximum absolute atomic E-state index is 4.07. The molecule has 0 aliphatic rings. The minimum atomic E-state index is 0.176. The molecule has 0 aliphatic carbocycles. The molecule has 1 unspecified atom stereocenters. The van der Waals surface area contributed by atoms with Gasteiger partial charge in [0.2, 0.25) is 0 Å². The lowest BCUT2D eigenvalue weighted by atomic mass is 10.1. The minimum absolute atomic E-state index is 0.176. The first-order valence-electron chi connectivity index (χ1n) is 5.72. The fraction of sp³-hybridized carbons (Fsp3) is 0.818. The molecule has 16 heavy (non-hydrogen) atoms. The van der Waals surface area contributed by atoms with Gasteiger partial charge >= 0.3 is 0 Å². The van der Waals surface area contributed by atoms with Gasteiger partial charge in [-0.15, -0.1) is 10.2 Å². The Morgan fingerprint density at radius 1 is 1.38 bits per heavy atom. The van der Waals surface area contributed by atoms with E-state index in [4.69, 9.17) is 0 Å². The molecule has 0 saturated carbocycles. The number of nitrogens with one attached hydrogen (secondary N) is 2. The van der Waals surface area contributed by atoms with E-state index in [-0.39, 0.29) is 11.6 Å². The molecule has 92 valence electrons. The van der Waals surface area contributed by atoms with E-state index in [2.05, 4.69) is 48.5 Å². The molecule has 0 saturated heterocycles. The lowest BCUT2D eigenvalue weighted by Gasteiger charge is -2.21. The molecule has 5 nitrogen and oxygen atoms in total. The Hall–Kier alpha value is -0.940. The van der Waals surface area contributed by atoms with E-state index in [1.165, 1.54) is 0 Å². The van der Waals surface area contributed by atoms with Crippen molar-refractivity contribution in [2.24, 2.45) is 7.05 Å². The smallest absolute Gasteiger partial charge is 0.149 e. The summed E-state index contributed by atoms with van der Waals surface area (Å²) >= 11 is 0. The van der Waals surface area contributed by atoms with E-state index in [9.17, 15) is 0 Å². The Bertz CT molecular complexity index is 312. The highest BCUT2D eigenvalue weighted by molar-refractivity contribution is 4.91. The van der Waals surface area contributed by atoms with Crippen LogP contribution in [-0.2, 0) is 7.05 Å². The summed E-state index contributed by atoms with van der Waals surface area (Å²) in [5, 5.41) is 14.8. The van der Waals surface area contributed by atoms with Crippen molar-refractivity contribution in [1.82, 2.24) is 25.4 Å². The summed E-state index contributed by atoms with van der Waals surface area (Å²) in [6.45, 7) is 10.5. The normalized spacial score (nSPS) is 14.1. The SMILES string of the molecule is CC(NCCNC(C)(C)C)c1nncn1C. The number of aromatic nitrogens is 3. The largest absolute Gasteiger partial charge is 0.319 e. The third kappa shape index (κ3) is 4.28. The van der Waals surface area contributed by atoms with Gasteiger partial charge in [0.15, 0.2) is 0 Å². The van der Waals surface area contributed by atoms with Gasteiger partial charge in [-0.1, -0.05) is 0 Å². The van der Waals surface area contributed by atoms with Gasteiger partial charge in [-0.05, 0) is 27.7 Å². The Morgan fingerprint density at radius 2 is 2.06 bits per heavy atom. The van der Waals surface area contributed by atoms with Gasteiger partial charge < -0.3 is 15.2 Å². The molecule has 0 fully saturated rings. The van der Waals surface area contributed by atoms with Gasteiger partial charge in [0.25, 0.3) is 0 Å². The lowest BCUT2D eigenvalue weighted by molar-refractivity contribution is 0.410. The zero-order chi connectivity index (χ0) is 12.2. The van der Waals surface area contributed by atoms with Crippen molar-refractivity contribution in [3.05, 3.63) is 12.2 Å². The van der Waals surface area contributed by atoms with Crippen LogP contribution < -0.4 is 10.6 Å². The molecule has 1 atom stereocenters. The highest BCUT2D eigenvalue weighted by Gasteiger charge is 2.11. The molecule has 0 bridgehead atoms. The molecule has 0 radical (unpaired) electrons. The third-order valence-corrected chi connectivity index (χ3v) is 2.36. The average molecular weight is 225 g/mol. The van der Waals surface area contributed by atoms with Crippen LogP contribution in [0.25, 0.3) is 0 Å². The molecule has 2 N–H and O–H groups in total. The summed E-state index contributed by atoms with van der Waals surface area (Å²) < 4.78 is 1.94. The zero-order valence-electron chi connectivity index (χ0n) is 10.9. The summed E-state index contributed by atoms with van der Waals surface area (Å²) in [5.74, 6) is 0.968. The topological polar surface area (TPSA) is 54.8 Å². The van der Waals surface area contributed by atoms with E-state index < -0.39 is 0 Å². The number of rotatable bonds is 5. The van der Waals surface area contributed by atoms with E-state index >= 15 is 0 Å². The summed E-state index contributed by atoms with van der Waals surface area (Å²) in [5.41, 5.74) is 0.176. The molecule has 0 aromatic carbocycles. The van der Waals surface area contributed by atoms with E-state index in [1.807, 2.05) is 11.6 Å². The molecular weight excluding hydrogens is 202 g/mol. The molecule has 0 spiro atoms. The van der Waals surface area contributed by atoms with Crippen LogP contribution in [0.5, 0.6) is 0 Å². The van der Waals surface area contributed by atoms with Gasteiger partial charge in [-0.3, -0.25) is 0 Å². The van der Waals surface area contributed by atoms with Crippen molar-refractivity contribution in [2.75, 3.05) is 13.1 Å². The molecule has 1 aromatic heterocycles. The maximum atomic E-state index is 4.07. The van der Waals surface area contributed by atoms with Crippen molar-refractivity contribution < 1.29 is 0 Å². The first-order chi connectivity index (χ1) is 7.40. The summed E-state index contributed by atoms with van der Waals surface area (Å²) in [6, 6.07) is 0.231. The van der Waals surface area contributed by atoms with E-state index in [1.54, 1.807) is 6.33 Å². The molecule has 1 heterocycles. The molecular formula is C11H23N5. The number of hydrogen-bond donors (Lipinski definition) is 2. The van der Waals surface area contributed by atoms with Gasteiger partial charge in [0.1, 0.15) is 12.2 Å². The Balaban J connectivity index is 2.26. The first kappa shape index (κ1) is 13.1. The van der Waals surface area contributed by atoms with E-state index in [0.717, 1.165) is 18.9 Å². The highest BCUT2D eigenvalue weighted by atomic mass is 15.3. The monoisotopic (exact) mass is 225 g/mol. The molecule has 0 aliphatic heterocycles.